The quantitative estimate of drug-likeness (QED) is 0.899. The standard InChI is InChI=1S/C13H17BrFNS/c1-9(16-11-4-6-17-7-5-11)12-8-10(14)2-3-13(12)15/h2-3,8-9,11,16H,4-7H2,1H3. The minimum Gasteiger partial charge on any atom is -0.307 e. The summed E-state index contributed by atoms with van der Waals surface area (Å²) in [5, 5.41) is 3.53. The van der Waals surface area contributed by atoms with Crippen LogP contribution in [0.5, 0.6) is 0 Å². The molecule has 1 atom stereocenters. The zero-order valence-corrected chi connectivity index (χ0v) is 12.3. The van der Waals surface area contributed by atoms with Gasteiger partial charge in [0, 0.05) is 22.1 Å². The van der Waals surface area contributed by atoms with Crippen molar-refractivity contribution in [1.29, 1.82) is 0 Å². The van der Waals surface area contributed by atoms with E-state index in [1.165, 1.54) is 30.4 Å². The van der Waals surface area contributed by atoms with Crippen molar-refractivity contribution in [2.75, 3.05) is 11.5 Å². The van der Waals surface area contributed by atoms with Crippen molar-refractivity contribution in [3.63, 3.8) is 0 Å². The molecule has 1 aromatic carbocycles. The minimum absolute atomic E-state index is 0.0700. The van der Waals surface area contributed by atoms with Crippen LogP contribution < -0.4 is 5.32 Å². The number of rotatable bonds is 3. The molecule has 0 saturated carbocycles. The minimum atomic E-state index is -0.126. The van der Waals surface area contributed by atoms with Gasteiger partial charge in [-0.15, -0.1) is 0 Å². The lowest BCUT2D eigenvalue weighted by atomic mass is 10.0. The molecule has 2 rings (SSSR count). The summed E-state index contributed by atoms with van der Waals surface area (Å²) in [5.74, 6) is 2.30. The van der Waals surface area contributed by atoms with Crippen molar-refractivity contribution in [3.8, 4) is 0 Å². The fraction of sp³-hybridized carbons (Fsp3) is 0.538. The Morgan fingerprint density at radius 1 is 1.41 bits per heavy atom. The number of benzene rings is 1. The predicted octanol–water partition coefficient (Wildman–Crippen LogP) is 4.13. The average Bonchev–Trinajstić information content (AvgIpc) is 2.33. The van der Waals surface area contributed by atoms with Crippen LogP contribution in [-0.4, -0.2) is 17.5 Å². The summed E-state index contributed by atoms with van der Waals surface area (Å²) in [5.41, 5.74) is 0.748. The maximum absolute atomic E-state index is 13.7. The SMILES string of the molecule is CC(NC1CCSCC1)c1cc(Br)ccc1F. The molecule has 0 aliphatic carbocycles. The number of halogens is 2. The Kier molecular flexibility index (Phi) is 4.88. The van der Waals surface area contributed by atoms with E-state index in [4.69, 9.17) is 0 Å². The Morgan fingerprint density at radius 3 is 2.82 bits per heavy atom. The molecule has 1 aliphatic heterocycles. The first-order valence-electron chi connectivity index (χ1n) is 5.95. The number of nitrogens with one attached hydrogen (secondary N) is 1. The third kappa shape index (κ3) is 3.70. The topological polar surface area (TPSA) is 12.0 Å². The van der Waals surface area contributed by atoms with Gasteiger partial charge in [-0.25, -0.2) is 4.39 Å². The lowest BCUT2D eigenvalue weighted by molar-refractivity contribution is 0.421. The second-order valence-corrected chi connectivity index (χ2v) is 6.58. The Balaban J connectivity index is 2.02. The van der Waals surface area contributed by atoms with Gasteiger partial charge >= 0.3 is 0 Å². The molecule has 4 heteroatoms. The van der Waals surface area contributed by atoms with E-state index in [0.717, 1.165) is 10.0 Å². The van der Waals surface area contributed by atoms with Crippen LogP contribution in [0, 0.1) is 5.82 Å². The molecule has 0 spiro atoms. The first-order valence-corrected chi connectivity index (χ1v) is 7.90. The van der Waals surface area contributed by atoms with Crippen molar-refractivity contribution in [2.45, 2.75) is 31.8 Å². The predicted molar refractivity (Wildman–Crippen MR) is 76.0 cm³/mol. The highest BCUT2D eigenvalue weighted by Crippen LogP contribution is 2.24. The molecular weight excluding hydrogens is 301 g/mol. The molecule has 1 nitrogen and oxygen atoms in total. The molecule has 1 fully saturated rings. The highest BCUT2D eigenvalue weighted by Gasteiger charge is 2.18. The van der Waals surface area contributed by atoms with E-state index in [1.807, 2.05) is 24.8 Å². The fourth-order valence-corrected chi connectivity index (χ4v) is 3.64. The molecule has 1 aromatic rings. The number of thioether (sulfide) groups is 1. The van der Waals surface area contributed by atoms with Crippen molar-refractivity contribution in [2.24, 2.45) is 0 Å². The van der Waals surface area contributed by atoms with Crippen LogP contribution in [0.3, 0.4) is 0 Å². The first kappa shape index (κ1) is 13.4. The second kappa shape index (κ2) is 6.21. The van der Waals surface area contributed by atoms with Crippen molar-refractivity contribution in [3.05, 3.63) is 34.1 Å². The summed E-state index contributed by atoms with van der Waals surface area (Å²) in [4.78, 5) is 0. The molecular formula is C13H17BrFNS. The first-order chi connectivity index (χ1) is 8.16. The van der Waals surface area contributed by atoms with Gasteiger partial charge in [0.05, 0.1) is 0 Å². The van der Waals surface area contributed by atoms with Gasteiger partial charge in [-0.1, -0.05) is 15.9 Å². The highest BCUT2D eigenvalue weighted by atomic mass is 79.9. The molecule has 17 heavy (non-hydrogen) atoms. The molecule has 1 saturated heterocycles. The van der Waals surface area contributed by atoms with E-state index < -0.39 is 0 Å². The van der Waals surface area contributed by atoms with E-state index in [2.05, 4.69) is 21.2 Å². The summed E-state index contributed by atoms with van der Waals surface area (Å²) in [6, 6.07) is 5.73. The van der Waals surface area contributed by atoms with Crippen LogP contribution >= 0.6 is 27.7 Å². The highest BCUT2D eigenvalue weighted by molar-refractivity contribution is 9.10. The molecule has 0 bridgehead atoms. The summed E-state index contributed by atoms with van der Waals surface area (Å²) < 4.78 is 14.6. The van der Waals surface area contributed by atoms with Crippen LogP contribution in [0.1, 0.15) is 31.4 Å². The molecule has 1 heterocycles. The van der Waals surface area contributed by atoms with Crippen LogP contribution in [-0.2, 0) is 0 Å². The molecule has 1 N–H and O–H groups in total. The summed E-state index contributed by atoms with van der Waals surface area (Å²) in [6.45, 7) is 2.03. The fourth-order valence-electron chi connectivity index (χ4n) is 2.15. The molecule has 1 unspecified atom stereocenters. The van der Waals surface area contributed by atoms with Crippen molar-refractivity contribution < 1.29 is 4.39 Å². The van der Waals surface area contributed by atoms with Gasteiger partial charge in [0.2, 0.25) is 0 Å². The van der Waals surface area contributed by atoms with Gasteiger partial charge in [0.15, 0.2) is 0 Å². The molecule has 94 valence electrons. The van der Waals surface area contributed by atoms with Crippen LogP contribution in [0.15, 0.2) is 22.7 Å². The smallest absolute Gasteiger partial charge is 0.128 e. The average molecular weight is 318 g/mol. The van der Waals surface area contributed by atoms with Gasteiger partial charge in [0.25, 0.3) is 0 Å². The molecule has 0 radical (unpaired) electrons. The summed E-state index contributed by atoms with van der Waals surface area (Å²) in [7, 11) is 0. The maximum Gasteiger partial charge on any atom is 0.128 e. The summed E-state index contributed by atoms with van der Waals surface area (Å²) >= 11 is 5.40. The van der Waals surface area contributed by atoms with Gasteiger partial charge in [-0.05, 0) is 49.5 Å². The third-order valence-electron chi connectivity index (χ3n) is 3.13. The van der Waals surface area contributed by atoms with E-state index in [-0.39, 0.29) is 11.9 Å². The van der Waals surface area contributed by atoms with E-state index in [1.54, 1.807) is 6.07 Å². The van der Waals surface area contributed by atoms with E-state index in [9.17, 15) is 4.39 Å². The lowest BCUT2D eigenvalue weighted by Gasteiger charge is -2.26. The Labute approximate surface area is 115 Å². The molecule has 0 amide bonds. The van der Waals surface area contributed by atoms with Gasteiger partial charge in [-0.3, -0.25) is 0 Å². The Morgan fingerprint density at radius 2 is 2.12 bits per heavy atom. The van der Waals surface area contributed by atoms with Gasteiger partial charge < -0.3 is 5.32 Å². The summed E-state index contributed by atoms with van der Waals surface area (Å²) in [6.07, 6.45) is 2.37. The van der Waals surface area contributed by atoms with Crippen LogP contribution in [0.25, 0.3) is 0 Å². The Bertz CT molecular complexity index is 380. The van der Waals surface area contributed by atoms with E-state index >= 15 is 0 Å². The largest absolute Gasteiger partial charge is 0.307 e. The number of hydrogen-bond acceptors (Lipinski definition) is 2. The van der Waals surface area contributed by atoms with Crippen LogP contribution in [0.4, 0.5) is 4.39 Å². The zero-order valence-electron chi connectivity index (χ0n) is 9.88. The van der Waals surface area contributed by atoms with Gasteiger partial charge in [0.1, 0.15) is 5.82 Å². The third-order valence-corrected chi connectivity index (χ3v) is 4.67. The maximum atomic E-state index is 13.7. The van der Waals surface area contributed by atoms with E-state index in [0.29, 0.717) is 6.04 Å². The van der Waals surface area contributed by atoms with Crippen LogP contribution in [0.2, 0.25) is 0 Å². The second-order valence-electron chi connectivity index (χ2n) is 4.44. The molecule has 0 aromatic heterocycles. The lowest BCUT2D eigenvalue weighted by Crippen LogP contribution is -2.34. The zero-order chi connectivity index (χ0) is 12.3. The van der Waals surface area contributed by atoms with Crippen molar-refractivity contribution in [1.82, 2.24) is 5.32 Å². The number of hydrogen-bond donors (Lipinski definition) is 1. The monoisotopic (exact) mass is 317 g/mol. The Hall–Kier alpha value is -0.0600. The normalized spacial score (nSPS) is 19.2. The molecule has 1 aliphatic rings. The van der Waals surface area contributed by atoms with Crippen molar-refractivity contribution >= 4 is 27.7 Å². The van der Waals surface area contributed by atoms with Gasteiger partial charge in [-0.2, -0.15) is 11.8 Å².